The highest BCUT2D eigenvalue weighted by molar-refractivity contribution is 7.90. The van der Waals surface area contributed by atoms with E-state index >= 15 is 0 Å². The fraction of sp³-hybridized carbons (Fsp3) is 0.167. The molecule has 0 spiro atoms. The summed E-state index contributed by atoms with van der Waals surface area (Å²) in [6, 6.07) is 11.6. The average molecular weight is 370 g/mol. The Balaban J connectivity index is 1.73. The molecule has 0 aliphatic rings. The first-order chi connectivity index (χ1) is 12.4. The molecule has 1 amide bonds. The van der Waals surface area contributed by atoms with Crippen LogP contribution in [-0.2, 0) is 16.6 Å². The van der Waals surface area contributed by atoms with Gasteiger partial charge in [0.05, 0.1) is 28.4 Å². The Labute approximate surface area is 151 Å². The van der Waals surface area contributed by atoms with Gasteiger partial charge in [0.25, 0.3) is 15.9 Å². The number of amides is 1. The second-order valence-corrected chi connectivity index (χ2v) is 7.74. The van der Waals surface area contributed by atoms with Gasteiger partial charge in [-0.1, -0.05) is 17.7 Å². The molecule has 0 bridgehead atoms. The van der Waals surface area contributed by atoms with Crippen LogP contribution in [0.1, 0.15) is 27.3 Å². The molecule has 2 heterocycles. The molecule has 3 rings (SSSR count). The van der Waals surface area contributed by atoms with Crippen LogP contribution in [-0.4, -0.2) is 28.5 Å². The lowest BCUT2D eigenvalue weighted by atomic mass is 10.2. The van der Waals surface area contributed by atoms with Gasteiger partial charge in [-0.3, -0.25) is 4.79 Å². The highest BCUT2D eigenvalue weighted by atomic mass is 32.2. The maximum Gasteiger partial charge on any atom is 0.267 e. The Hall–Kier alpha value is -3.00. The molecule has 0 aliphatic heterocycles. The second-order valence-electron chi connectivity index (χ2n) is 5.90. The van der Waals surface area contributed by atoms with Crippen molar-refractivity contribution in [2.75, 3.05) is 0 Å². The first-order valence-electron chi connectivity index (χ1n) is 7.94. The van der Waals surface area contributed by atoms with Gasteiger partial charge in [0.1, 0.15) is 0 Å². The van der Waals surface area contributed by atoms with Crippen molar-refractivity contribution in [2.45, 2.75) is 25.3 Å². The predicted molar refractivity (Wildman–Crippen MR) is 96.1 cm³/mol. The number of rotatable bonds is 5. The molecule has 8 heteroatoms. The third-order valence-corrected chi connectivity index (χ3v) is 5.46. The van der Waals surface area contributed by atoms with Crippen LogP contribution < -0.4 is 5.32 Å². The molecule has 1 N–H and O–H groups in total. The van der Waals surface area contributed by atoms with Gasteiger partial charge in [-0.05, 0) is 44.2 Å². The van der Waals surface area contributed by atoms with Crippen molar-refractivity contribution in [1.82, 2.24) is 19.5 Å². The number of carbonyl (C=O) groups excluding carboxylic acids is 1. The lowest BCUT2D eigenvalue weighted by Crippen LogP contribution is -2.23. The monoisotopic (exact) mass is 370 g/mol. The van der Waals surface area contributed by atoms with Crippen molar-refractivity contribution in [1.29, 1.82) is 0 Å². The number of benzene rings is 1. The third-order valence-electron chi connectivity index (χ3n) is 3.81. The Kier molecular flexibility index (Phi) is 4.85. The van der Waals surface area contributed by atoms with Gasteiger partial charge in [0.15, 0.2) is 0 Å². The summed E-state index contributed by atoms with van der Waals surface area (Å²) in [6.07, 6.45) is 2.65. The maximum absolute atomic E-state index is 12.6. The van der Waals surface area contributed by atoms with E-state index < -0.39 is 10.0 Å². The number of hydrogen-bond donors (Lipinski definition) is 1. The quantitative estimate of drug-likeness (QED) is 0.742. The van der Waals surface area contributed by atoms with E-state index in [0.29, 0.717) is 5.69 Å². The van der Waals surface area contributed by atoms with Gasteiger partial charge in [-0.2, -0.15) is 10.2 Å². The normalized spacial score (nSPS) is 11.3. The zero-order valence-corrected chi connectivity index (χ0v) is 15.2. The van der Waals surface area contributed by atoms with Gasteiger partial charge in [0.2, 0.25) is 0 Å². The highest BCUT2D eigenvalue weighted by Gasteiger charge is 2.18. The topological polar surface area (TPSA) is 94.0 Å². The van der Waals surface area contributed by atoms with E-state index in [-0.39, 0.29) is 22.9 Å². The number of aromatic nitrogens is 3. The molecule has 0 fully saturated rings. The summed E-state index contributed by atoms with van der Waals surface area (Å²) in [7, 11) is -3.73. The van der Waals surface area contributed by atoms with Crippen LogP contribution in [0.5, 0.6) is 0 Å². The molecule has 7 nitrogen and oxygen atoms in total. The molecule has 2 aromatic heterocycles. The fourth-order valence-electron chi connectivity index (χ4n) is 2.29. The molecule has 26 heavy (non-hydrogen) atoms. The molecule has 0 radical (unpaired) electrons. The van der Waals surface area contributed by atoms with Crippen LogP contribution in [0.25, 0.3) is 0 Å². The molecular formula is C18H18N4O3S. The molecule has 0 unspecified atom stereocenters. The number of carbonyl (C=O) groups is 1. The third kappa shape index (κ3) is 3.80. The first kappa shape index (κ1) is 17.8. The van der Waals surface area contributed by atoms with Gasteiger partial charge in [0, 0.05) is 12.4 Å². The van der Waals surface area contributed by atoms with Crippen molar-refractivity contribution in [2.24, 2.45) is 0 Å². The van der Waals surface area contributed by atoms with E-state index in [1.165, 1.54) is 18.5 Å². The van der Waals surface area contributed by atoms with Crippen LogP contribution in [0.3, 0.4) is 0 Å². The summed E-state index contributed by atoms with van der Waals surface area (Å²) in [4.78, 5) is 12.4. The standard InChI is InChI=1S/C18H18N4O3S/c1-13-3-7-17(8-4-13)26(24,25)22-10-9-15(12-22)18(23)19-11-16-6-5-14(2)20-21-16/h3-10,12H,11H2,1-2H3,(H,19,23). The van der Waals surface area contributed by atoms with Crippen LogP contribution >= 0.6 is 0 Å². The smallest absolute Gasteiger partial charge is 0.267 e. The van der Waals surface area contributed by atoms with Crippen molar-refractivity contribution < 1.29 is 13.2 Å². The summed E-state index contributed by atoms with van der Waals surface area (Å²) in [5, 5.41) is 10.6. The van der Waals surface area contributed by atoms with Crippen molar-refractivity contribution in [3.8, 4) is 0 Å². The van der Waals surface area contributed by atoms with Gasteiger partial charge >= 0.3 is 0 Å². The van der Waals surface area contributed by atoms with Gasteiger partial charge in [-0.15, -0.1) is 0 Å². The van der Waals surface area contributed by atoms with Crippen LogP contribution in [0.4, 0.5) is 0 Å². The van der Waals surface area contributed by atoms with E-state index in [0.717, 1.165) is 15.2 Å². The Morgan fingerprint density at radius 3 is 2.42 bits per heavy atom. The highest BCUT2D eigenvalue weighted by Crippen LogP contribution is 2.16. The van der Waals surface area contributed by atoms with Crippen LogP contribution in [0.2, 0.25) is 0 Å². The summed E-state index contributed by atoms with van der Waals surface area (Å²) in [5.74, 6) is -0.384. The lowest BCUT2D eigenvalue weighted by Gasteiger charge is -2.06. The summed E-state index contributed by atoms with van der Waals surface area (Å²) in [6.45, 7) is 3.92. The Bertz CT molecular complexity index is 1020. The number of nitrogens with one attached hydrogen (secondary N) is 1. The van der Waals surface area contributed by atoms with E-state index in [9.17, 15) is 13.2 Å². The van der Waals surface area contributed by atoms with Crippen molar-refractivity contribution in [3.63, 3.8) is 0 Å². The van der Waals surface area contributed by atoms with Gasteiger partial charge in [-0.25, -0.2) is 12.4 Å². The molecule has 134 valence electrons. The fourth-order valence-corrected chi connectivity index (χ4v) is 3.48. The zero-order chi connectivity index (χ0) is 18.7. The van der Waals surface area contributed by atoms with E-state index in [1.54, 1.807) is 36.4 Å². The minimum atomic E-state index is -3.73. The van der Waals surface area contributed by atoms with E-state index in [2.05, 4.69) is 15.5 Å². The Morgan fingerprint density at radius 1 is 1.04 bits per heavy atom. The number of hydrogen-bond acceptors (Lipinski definition) is 5. The first-order valence-corrected chi connectivity index (χ1v) is 9.38. The maximum atomic E-state index is 12.6. The van der Waals surface area contributed by atoms with Crippen LogP contribution in [0, 0.1) is 13.8 Å². The minimum absolute atomic E-state index is 0.167. The largest absolute Gasteiger partial charge is 0.346 e. The molecular weight excluding hydrogens is 352 g/mol. The Morgan fingerprint density at radius 2 is 1.77 bits per heavy atom. The molecule has 1 aromatic carbocycles. The van der Waals surface area contributed by atoms with Crippen molar-refractivity contribution in [3.05, 3.63) is 77.4 Å². The van der Waals surface area contributed by atoms with Crippen LogP contribution in [0.15, 0.2) is 59.8 Å². The second kappa shape index (κ2) is 7.09. The number of nitrogens with zero attached hydrogens (tertiary/aromatic N) is 3. The van der Waals surface area contributed by atoms with Gasteiger partial charge < -0.3 is 5.32 Å². The zero-order valence-electron chi connectivity index (χ0n) is 14.4. The molecule has 0 aliphatic carbocycles. The minimum Gasteiger partial charge on any atom is -0.346 e. The molecule has 0 atom stereocenters. The SMILES string of the molecule is Cc1ccc(S(=O)(=O)n2ccc(C(=O)NCc3ccc(C)nn3)c2)cc1. The van der Waals surface area contributed by atoms with E-state index in [4.69, 9.17) is 0 Å². The molecule has 3 aromatic rings. The summed E-state index contributed by atoms with van der Waals surface area (Å²) >= 11 is 0. The number of aryl methyl sites for hydroxylation is 2. The molecule has 0 saturated heterocycles. The lowest BCUT2D eigenvalue weighted by molar-refractivity contribution is 0.0950. The van der Waals surface area contributed by atoms with Crippen molar-refractivity contribution >= 4 is 15.9 Å². The molecule has 0 saturated carbocycles. The summed E-state index contributed by atoms with van der Waals surface area (Å²) in [5.41, 5.74) is 2.63. The average Bonchev–Trinajstić information content (AvgIpc) is 3.12. The van der Waals surface area contributed by atoms with E-state index in [1.807, 2.05) is 13.8 Å². The summed E-state index contributed by atoms with van der Waals surface area (Å²) < 4.78 is 26.3. The predicted octanol–water partition coefficient (Wildman–Crippen LogP) is 2.06.